The largest absolute Gasteiger partial charge is 0.453 e. The normalized spacial score (nSPS) is 12.0. The van der Waals surface area contributed by atoms with Crippen LogP contribution in [0.4, 0.5) is 5.69 Å². The minimum atomic E-state index is -0.918. The Morgan fingerprint density at radius 2 is 1.86 bits per heavy atom. The molecule has 5 nitrogen and oxygen atoms in total. The van der Waals surface area contributed by atoms with E-state index in [1.165, 1.54) is 6.92 Å². The molecule has 0 bridgehead atoms. The van der Waals surface area contributed by atoms with Crippen LogP contribution in [0.5, 0.6) is 0 Å². The van der Waals surface area contributed by atoms with Gasteiger partial charge in [-0.3, -0.25) is 9.59 Å². The van der Waals surface area contributed by atoms with Crippen LogP contribution in [0, 0.1) is 0 Å². The number of carbonyl (C=O) groups is 2. The number of aryl methyl sites for hydroxylation is 1. The van der Waals surface area contributed by atoms with Crippen molar-refractivity contribution in [3.05, 3.63) is 64.3 Å². The topological polar surface area (TPSA) is 71.2 Å². The van der Waals surface area contributed by atoms with Crippen LogP contribution in [-0.4, -0.2) is 23.0 Å². The van der Waals surface area contributed by atoms with E-state index in [0.717, 1.165) is 22.9 Å². The second kappa shape index (κ2) is 9.13. The van der Waals surface area contributed by atoms with E-state index in [0.29, 0.717) is 22.2 Å². The van der Waals surface area contributed by atoms with Gasteiger partial charge in [-0.25, -0.2) is 0 Å². The van der Waals surface area contributed by atoms with Crippen LogP contribution in [0.3, 0.4) is 0 Å². The van der Waals surface area contributed by atoms with Crippen molar-refractivity contribution < 1.29 is 14.3 Å². The first-order valence-electron chi connectivity index (χ1n) is 8.94. The number of aromatic amines is 1. The van der Waals surface area contributed by atoms with Crippen molar-refractivity contribution in [1.82, 2.24) is 4.98 Å². The van der Waals surface area contributed by atoms with E-state index in [9.17, 15) is 9.59 Å². The summed E-state index contributed by atoms with van der Waals surface area (Å²) in [6, 6.07) is 12.7. The molecule has 0 saturated carbocycles. The summed E-state index contributed by atoms with van der Waals surface area (Å²) in [4.78, 5) is 27.5. The van der Waals surface area contributed by atoms with E-state index >= 15 is 0 Å². The van der Waals surface area contributed by atoms with Crippen molar-refractivity contribution in [3.8, 4) is 0 Å². The highest BCUT2D eigenvalue weighted by atomic mass is 35.5. The summed E-state index contributed by atoms with van der Waals surface area (Å²) in [7, 11) is 0. The number of para-hydroxylation sites is 1. The lowest BCUT2D eigenvalue weighted by atomic mass is 10.1. The first kappa shape index (κ1) is 20.2. The molecule has 0 aliphatic carbocycles. The molecule has 0 radical (unpaired) electrons. The van der Waals surface area contributed by atoms with Crippen molar-refractivity contribution >= 4 is 51.7 Å². The van der Waals surface area contributed by atoms with Crippen LogP contribution < -0.4 is 5.32 Å². The molecule has 3 rings (SSSR count). The number of H-pyrrole nitrogens is 1. The lowest BCUT2D eigenvalue weighted by Gasteiger charge is -2.14. The Bertz CT molecular complexity index is 980. The second-order valence-electron chi connectivity index (χ2n) is 6.49. The predicted molar refractivity (Wildman–Crippen MR) is 112 cm³/mol. The average molecular weight is 419 g/mol. The van der Waals surface area contributed by atoms with Crippen molar-refractivity contribution in [2.24, 2.45) is 0 Å². The van der Waals surface area contributed by atoms with Gasteiger partial charge in [0, 0.05) is 39.3 Å². The summed E-state index contributed by atoms with van der Waals surface area (Å²) in [5.74, 6) is -0.852. The van der Waals surface area contributed by atoms with E-state index in [-0.39, 0.29) is 6.42 Å². The molecular formula is C21H20Cl2N2O3. The number of fused-ring (bicyclic) bond motifs is 1. The maximum atomic E-state index is 12.2. The van der Waals surface area contributed by atoms with Crippen molar-refractivity contribution in [3.63, 3.8) is 0 Å². The summed E-state index contributed by atoms with van der Waals surface area (Å²) in [5.41, 5.74) is 2.68. The molecule has 0 fully saturated rings. The predicted octanol–water partition coefficient (Wildman–Crippen LogP) is 5.37. The Balaban J connectivity index is 1.46. The third kappa shape index (κ3) is 5.27. The number of nitrogens with one attached hydrogen (secondary N) is 2. The van der Waals surface area contributed by atoms with Crippen LogP contribution >= 0.6 is 23.2 Å². The fraction of sp³-hybridized carbons (Fsp3) is 0.238. The highest BCUT2D eigenvalue weighted by Crippen LogP contribution is 2.23. The molecule has 0 unspecified atom stereocenters. The number of halogens is 2. The molecule has 2 aromatic carbocycles. The zero-order chi connectivity index (χ0) is 20.1. The molecule has 3 aromatic rings. The summed E-state index contributed by atoms with van der Waals surface area (Å²) in [6.45, 7) is 1.53. The van der Waals surface area contributed by atoms with Crippen LogP contribution in [0.1, 0.15) is 25.3 Å². The number of esters is 1. The number of carbonyl (C=O) groups excluding carboxylic acids is 2. The molecule has 1 atom stereocenters. The maximum Gasteiger partial charge on any atom is 0.306 e. The van der Waals surface area contributed by atoms with Gasteiger partial charge in [-0.1, -0.05) is 41.4 Å². The van der Waals surface area contributed by atoms with E-state index in [2.05, 4.69) is 10.3 Å². The van der Waals surface area contributed by atoms with Crippen LogP contribution in [0.15, 0.2) is 48.7 Å². The number of rotatable bonds is 7. The van der Waals surface area contributed by atoms with Crippen LogP contribution in [0.2, 0.25) is 10.0 Å². The number of hydrogen-bond donors (Lipinski definition) is 2. The van der Waals surface area contributed by atoms with Gasteiger partial charge in [0.2, 0.25) is 0 Å². The SMILES string of the molecule is C[C@H](OC(=O)CCCc1c[nH]c2ccccc12)C(=O)Nc1cc(Cl)cc(Cl)c1. The molecule has 1 heterocycles. The molecule has 146 valence electrons. The molecule has 0 saturated heterocycles. The Hall–Kier alpha value is -2.50. The van der Waals surface area contributed by atoms with Crippen LogP contribution in [0.25, 0.3) is 10.9 Å². The molecule has 2 N–H and O–H groups in total. The maximum absolute atomic E-state index is 12.2. The number of aromatic nitrogens is 1. The van der Waals surface area contributed by atoms with E-state index in [4.69, 9.17) is 27.9 Å². The fourth-order valence-electron chi connectivity index (χ4n) is 2.94. The van der Waals surface area contributed by atoms with E-state index in [1.54, 1.807) is 18.2 Å². The van der Waals surface area contributed by atoms with Gasteiger partial charge in [-0.2, -0.15) is 0 Å². The van der Waals surface area contributed by atoms with E-state index < -0.39 is 18.0 Å². The molecular weight excluding hydrogens is 399 g/mol. The standard InChI is InChI=1S/C21H20Cl2N2O3/c1-13(21(27)25-17-10-15(22)9-16(23)11-17)28-20(26)8-4-5-14-12-24-19-7-3-2-6-18(14)19/h2-3,6-7,9-13,24H,4-5,8H2,1H3,(H,25,27)/t13-/m0/s1. The minimum absolute atomic E-state index is 0.236. The second-order valence-corrected chi connectivity index (χ2v) is 7.37. The Kier molecular flexibility index (Phi) is 6.60. The molecule has 0 aliphatic heterocycles. The van der Waals surface area contributed by atoms with E-state index in [1.807, 2.05) is 30.5 Å². The number of amides is 1. The van der Waals surface area contributed by atoms with Gasteiger partial charge in [-0.05, 0) is 49.6 Å². The van der Waals surface area contributed by atoms with Crippen LogP contribution in [-0.2, 0) is 20.7 Å². The summed E-state index contributed by atoms with van der Waals surface area (Å²) in [6.07, 6.45) is 2.67. The number of benzene rings is 2. The zero-order valence-corrected chi connectivity index (χ0v) is 16.8. The molecule has 1 aromatic heterocycles. The highest BCUT2D eigenvalue weighted by Gasteiger charge is 2.18. The molecule has 1 amide bonds. The van der Waals surface area contributed by atoms with Gasteiger partial charge in [-0.15, -0.1) is 0 Å². The summed E-state index contributed by atoms with van der Waals surface area (Å²) < 4.78 is 5.23. The summed E-state index contributed by atoms with van der Waals surface area (Å²) >= 11 is 11.8. The first-order chi connectivity index (χ1) is 13.4. The Labute approximate surface area is 173 Å². The third-order valence-electron chi connectivity index (χ3n) is 4.31. The molecule has 0 spiro atoms. The van der Waals surface area contributed by atoms with Gasteiger partial charge in [0.25, 0.3) is 5.91 Å². The Morgan fingerprint density at radius 3 is 2.61 bits per heavy atom. The molecule has 7 heteroatoms. The van der Waals surface area contributed by atoms with Gasteiger partial charge >= 0.3 is 5.97 Å². The monoisotopic (exact) mass is 418 g/mol. The summed E-state index contributed by atoms with van der Waals surface area (Å²) in [5, 5.41) is 4.61. The number of hydrogen-bond acceptors (Lipinski definition) is 3. The fourth-order valence-corrected chi connectivity index (χ4v) is 3.47. The van der Waals surface area contributed by atoms with Crippen molar-refractivity contribution in [1.29, 1.82) is 0 Å². The zero-order valence-electron chi connectivity index (χ0n) is 15.3. The molecule has 28 heavy (non-hydrogen) atoms. The molecule has 0 aliphatic rings. The number of ether oxygens (including phenoxy) is 1. The minimum Gasteiger partial charge on any atom is -0.453 e. The lowest BCUT2D eigenvalue weighted by molar-refractivity contribution is -0.153. The Morgan fingerprint density at radius 1 is 1.14 bits per heavy atom. The van der Waals surface area contributed by atoms with Gasteiger partial charge in [0.15, 0.2) is 6.10 Å². The number of anilines is 1. The highest BCUT2D eigenvalue weighted by molar-refractivity contribution is 6.35. The third-order valence-corrected chi connectivity index (χ3v) is 4.75. The quantitative estimate of drug-likeness (QED) is 0.506. The van der Waals surface area contributed by atoms with Gasteiger partial charge < -0.3 is 15.0 Å². The average Bonchev–Trinajstić information content (AvgIpc) is 3.04. The smallest absolute Gasteiger partial charge is 0.306 e. The first-order valence-corrected chi connectivity index (χ1v) is 9.69. The van der Waals surface area contributed by atoms with Crippen molar-refractivity contribution in [2.45, 2.75) is 32.3 Å². The lowest BCUT2D eigenvalue weighted by Crippen LogP contribution is -2.29. The van der Waals surface area contributed by atoms with Crippen molar-refractivity contribution in [2.75, 3.05) is 5.32 Å². The van der Waals surface area contributed by atoms with Gasteiger partial charge in [0.1, 0.15) is 0 Å². The van der Waals surface area contributed by atoms with Gasteiger partial charge in [0.05, 0.1) is 0 Å².